The zero-order valence-corrected chi connectivity index (χ0v) is 23.2. The number of halogens is 2. The van der Waals surface area contributed by atoms with Crippen LogP contribution in [0.4, 0.5) is 0 Å². The quantitative estimate of drug-likeness (QED) is 0.393. The van der Waals surface area contributed by atoms with Gasteiger partial charge in [0.05, 0.1) is 16.5 Å². The first-order valence-corrected chi connectivity index (χ1v) is 14.3. The number of carboxylic acids is 1. The fourth-order valence-corrected chi connectivity index (χ4v) is 7.16. The number of amides is 1. The molecule has 0 spiro atoms. The Kier molecular flexibility index (Phi) is 8.62. The molecule has 4 rings (SSSR count). The first kappa shape index (κ1) is 28.6. The van der Waals surface area contributed by atoms with Gasteiger partial charge in [0.25, 0.3) is 0 Å². The molecule has 1 aliphatic rings. The number of benzene rings is 3. The Hall–Kier alpha value is -3.42. The van der Waals surface area contributed by atoms with E-state index < -0.39 is 34.0 Å². The summed E-state index contributed by atoms with van der Waals surface area (Å²) in [6.07, 6.45) is 0.411. The molecular formula is C28H25Cl2N3O5S. The second kappa shape index (κ2) is 11.8. The molecule has 39 heavy (non-hydrogen) atoms. The van der Waals surface area contributed by atoms with E-state index in [1.165, 1.54) is 18.2 Å². The van der Waals surface area contributed by atoms with Crippen molar-refractivity contribution in [3.05, 3.63) is 87.9 Å². The van der Waals surface area contributed by atoms with E-state index in [1.807, 2.05) is 12.1 Å². The summed E-state index contributed by atoms with van der Waals surface area (Å²) >= 11 is 12.0. The molecule has 1 amide bonds. The molecule has 0 saturated carbocycles. The number of carbonyl (C=O) groups is 2. The predicted octanol–water partition coefficient (Wildman–Crippen LogP) is 4.74. The van der Waals surface area contributed by atoms with Crippen LogP contribution in [0.3, 0.4) is 0 Å². The van der Waals surface area contributed by atoms with Crippen molar-refractivity contribution in [3.8, 4) is 17.2 Å². The molecule has 11 heteroatoms. The maximum Gasteiger partial charge on any atom is 0.326 e. The van der Waals surface area contributed by atoms with Gasteiger partial charge in [-0.1, -0.05) is 72.6 Å². The SMILES string of the molecule is C[C@H]1CCN(S(=O)(=O)c2cc(Cl)cc(Cl)c2)[C@@H]1C(=O)N[C@@H](Cc1ccc(-c2ccccc2C#N)cc1)C(=O)O. The Bertz CT molecular complexity index is 1530. The smallest absolute Gasteiger partial charge is 0.326 e. The average Bonchev–Trinajstić information content (AvgIpc) is 3.30. The number of rotatable bonds is 8. The third-order valence-electron chi connectivity index (χ3n) is 6.73. The summed E-state index contributed by atoms with van der Waals surface area (Å²) < 4.78 is 27.9. The molecule has 0 radical (unpaired) electrons. The predicted molar refractivity (Wildman–Crippen MR) is 148 cm³/mol. The van der Waals surface area contributed by atoms with Crippen molar-refractivity contribution in [1.29, 1.82) is 5.26 Å². The fraction of sp³-hybridized carbons (Fsp3) is 0.250. The zero-order valence-electron chi connectivity index (χ0n) is 20.8. The number of nitriles is 1. The Labute approximate surface area is 236 Å². The third kappa shape index (κ3) is 6.26. The van der Waals surface area contributed by atoms with E-state index >= 15 is 0 Å². The van der Waals surface area contributed by atoms with Gasteiger partial charge in [-0.25, -0.2) is 13.2 Å². The number of nitrogens with one attached hydrogen (secondary N) is 1. The van der Waals surface area contributed by atoms with Gasteiger partial charge in [-0.05, 0) is 53.3 Å². The zero-order chi connectivity index (χ0) is 28.3. The Morgan fingerprint density at radius 3 is 2.36 bits per heavy atom. The van der Waals surface area contributed by atoms with Crippen molar-refractivity contribution in [2.45, 2.75) is 36.7 Å². The standard InChI is InChI=1S/C28H25Cl2N3O5S/c1-17-10-11-33(39(37,38)23-14-21(29)13-22(30)15-23)26(17)27(34)32-25(28(35)36)12-18-6-8-19(9-7-18)24-5-3-2-4-20(24)16-31/h2-9,13-15,17,25-26H,10-12H2,1H3,(H,32,34)(H,35,36)/t17-,25-,26-/m0/s1. The van der Waals surface area contributed by atoms with E-state index in [0.717, 1.165) is 15.4 Å². The molecule has 3 aromatic carbocycles. The van der Waals surface area contributed by atoms with Gasteiger partial charge in [0.15, 0.2) is 0 Å². The lowest BCUT2D eigenvalue weighted by Gasteiger charge is -2.27. The molecule has 0 aromatic heterocycles. The number of sulfonamides is 1. The minimum absolute atomic E-state index is 0.0149. The van der Waals surface area contributed by atoms with Crippen LogP contribution in [0.2, 0.25) is 10.0 Å². The molecule has 2 N–H and O–H groups in total. The van der Waals surface area contributed by atoms with Gasteiger partial charge < -0.3 is 10.4 Å². The average molecular weight is 586 g/mol. The van der Waals surface area contributed by atoms with Crippen LogP contribution in [0.15, 0.2) is 71.6 Å². The first-order valence-electron chi connectivity index (χ1n) is 12.1. The highest BCUT2D eigenvalue weighted by Crippen LogP contribution is 2.33. The number of nitrogens with zero attached hydrogens (tertiary/aromatic N) is 2. The number of aliphatic carboxylic acids is 1. The number of hydrogen-bond acceptors (Lipinski definition) is 5. The lowest BCUT2D eigenvalue weighted by Crippen LogP contribution is -2.53. The van der Waals surface area contributed by atoms with Crippen LogP contribution in [0, 0.1) is 17.2 Å². The second-order valence-corrected chi connectivity index (χ2v) is 12.2. The van der Waals surface area contributed by atoms with E-state index in [4.69, 9.17) is 23.2 Å². The van der Waals surface area contributed by atoms with Crippen LogP contribution in [0.25, 0.3) is 11.1 Å². The highest BCUT2D eigenvalue weighted by Gasteiger charge is 2.44. The van der Waals surface area contributed by atoms with Gasteiger partial charge in [-0.15, -0.1) is 0 Å². The van der Waals surface area contributed by atoms with Crippen LogP contribution in [0.5, 0.6) is 0 Å². The van der Waals surface area contributed by atoms with Crippen molar-refractivity contribution in [3.63, 3.8) is 0 Å². The normalized spacial score (nSPS) is 18.3. The molecule has 1 saturated heterocycles. The number of carboxylic acid groups (broad SMARTS) is 1. The monoisotopic (exact) mass is 585 g/mol. The van der Waals surface area contributed by atoms with Crippen molar-refractivity contribution in [1.82, 2.24) is 9.62 Å². The van der Waals surface area contributed by atoms with E-state index in [1.54, 1.807) is 43.3 Å². The molecule has 0 bridgehead atoms. The van der Waals surface area contributed by atoms with E-state index in [0.29, 0.717) is 17.5 Å². The van der Waals surface area contributed by atoms with Crippen molar-refractivity contribution < 1.29 is 23.1 Å². The summed E-state index contributed by atoms with van der Waals surface area (Å²) in [6, 6.07) is 17.9. The second-order valence-electron chi connectivity index (χ2n) is 9.39. The van der Waals surface area contributed by atoms with Gasteiger partial charge in [0, 0.05) is 23.0 Å². The molecule has 3 aromatic rings. The highest BCUT2D eigenvalue weighted by atomic mass is 35.5. The summed E-state index contributed by atoms with van der Waals surface area (Å²) in [5, 5.41) is 22.0. The molecule has 8 nitrogen and oxygen atoms in total. The van der Waals surface area contributed by atoms with Crippen LogP contribution in [0.1, 0.15) is 24.5 Å². The highest BCUT2D eigenvalue weighted by molar-refractivity contribution is 7.89. The van der Waals surface area contributed by atoms with Crippen LogP contribution in [-0.4, -0.2) is 48.3 Å². The van der Waals surface area contributed by atoms with Gasteiger partial charge in [-0.2, -0.15) is 9.57 Å². The van der Waals surface area contributed by atoms with Gasteiger partial charge in [0.2, 0.25) is 15.9 Å². The van der Waals surface area contributed by atoms with E-state index in [-0.39, 0.29) is 33.8 Å². The molecule has 0 unspecified atom stereocenters. The number of carbonyl (C=O) groups excluding carboxylic acids is 1. The molecule has 202 valence electrons. The fourth-order valence-electron chi connectivity index (χ4n) is 4.73. The third-order valence-corrected chi connectivity index (χ3v) is 9.03. The molecule has 3 atom stereocenters. The molecule has 1 fully saturated rings. The Morgan fingerprint density at radius 2 is 1.74 bits per heavy atom. The summed E-state index contributed by atoms with van der Waals surface area (Å²) in [7, 11) is -4.13. The van der Waals surface area contributed by atoms with E-state index in [9.17, 15) is 28.4 Å². The van der Waals surface area contributed by atoms with Gasteiger partial charge in [-0.3, -0.25) is 4.79 Å². The molecule has 1 heterocycles. The van der Waals surface area contributed by atoms with Crippen molar-refractivity contribution in [2.24, 2.45) is 5.92 Å². The molecule has 0 aliphatic carbocycles. The summed E-state index contributed by atoms with van der Waals surface area (Å²) in [5.41, 5.74) is 2.73. The minimum atomic E-state index is -4.13. The minimum Gasteiger partial charge on any atom is -0.480 e. The van der Waals surface area contributed by atoms with Crippen molar-refractivity contribution >= 4 is 45.1 Å². The Balaban J connectivity index is 1.53. The van der Waals surface area contributed by atoms with Crippen LogP contribution in [-0.2, 0) is 26.0 Å². The maximum atomic E-state index is 13.4. The summed E-state index contributed by atoms with van der Waals surface area (Å²) in [5.74, 6) is -2.28. The summed E-state index contributed by atoms with van der Waals surface area (Å²) in [4.78, 5) is 25.3. The number of hydrogen-bond donors (Lipinski definition) is 2. The van der Waals surface area contributed by atoms with Crippen LogP contribution < -0.4 is 5.32 Å². The lowest BCUT2D eigenvalue weighted by atomic mass is 9.97. The maximum absolute atomic E-state index is 13.4. The van der Waals surface area contributed by atoms with E-state index in [2.05, 4.69) is 11.4 Å². The lowest BCUT2D eigenvalue weighted by molar-refractivity contribution is -0.142. The van der Waals surface area contributed by atoms with Gasteiger partial charge in [0.1, 0.15) is 12.1 Å². The van der Waals surface area contributed by atoms with Gasteiger partial charge >= 0.3 is 5.97 Å². The first-order chi connectivity index (χ1) is 18.5. The van der Waals surface area contributed by atoms with Crippen LogP contribution >= 0.6 is 23.2 Å². The molecule has 1 aliphatic heterocycles. The topological polar surface area (TPSA) is 128 Å². The Morgan fingerprint density at radius 1 is 1.10 bits per heavy atom. The molecular weight excluding hydrogens is 561 g/mol. The van der Waals surface area contributed by atoms with Crippen molar-refractivity contribution in [2.75, 3.05) is 6.54 Å². The largest absolute Gasteiger partial charge is 0.480 e. The summed E-state index contributed by atoms with van der Waals surface area (Å²) in [6.45, 7) is 1.84.